The normalized spacial score (nSPS) is 11.8. The van der Waals surface area contributed by atoms with E-state index in [0.29, 0.717) is 6.61 Å². The molecule has 115 valence electrons. The molecule has 0 saturated carbocycles. The number of halogens is 3. The Balaban J connectivity index is 2.07. The largest absolute Gasteiger partial charge is 0.494 e. The second-order valence-electron chi connectivity index (χ2n) is 4.55. The average Bonchev–Trinajstić information content (AvgIpc) is 2.49. The molecule has 0 amide bonds. The molecule has 0 aliphatic heterocycles. The summed E-state index contributed by atoms with van der Waals surface area (Å²) in [6.45, 7) is 2.49. The molecule has 22 heavy (non-hydrogen) atoms. The first-order chi connectivity index (χ1) is 10.5. The van der Waals surface area contributed by atoms with Crippen LogP contribution in [-0.4, -0.2) is 11.6 Å². The topological polar surface area (TPSA) is 22.1 Å². The molecule has 2 rings (SSSR count). The number of ether oxygens (including phenoxy) is 1. The second-order valence-corrected chi connectivity index (χ2v) is 4.55. The van der Waals surface area contributed by atoms with Gasteiger partial charge in [0.2, 0.25) is 0 Å². The van der Waals surface area contributed by atoms with Crippen LogP contribution in [0.5, 0.6) is 5.75 Å². The highest BCUT2D eigenvalue weighted by atomic mass is 19.4. The molecule has 1 heterocycles. The molecular weight excluding hydrogens is 291 g/mol. The van der Waals surface area contributed by atoms with Gasteiger partial charge in [-0.25, -0.2) is 0 Å². The second kappa shape index (κ2) is 7.11. The number of hydrogen-bond donors (Lipinski definition) is 0. The summed E-state index contributed by atoms with van der Waals surface area (Å²) in [6.07, 6.45) is 0.172. The van der Waals surface area contributed by atoms with Gasteiger partial charge >= 0.3 is 6.18 Å². The summed E-state index contributed by atoms with van der Waals surface area (Å²) < 4.78 is 43.7. The first-order valence-electron chi connectivity index (χ1n) is 6.82. The minimum Gasteiger partial charge on any atom is -0.494 e. The van der Waals surface area contributed by atoms with Gasteiger partial charge in [-0.3, -0.25) is 4.98 Å². The molecule has 0 N–H and O–H groups in total. The fourth-order valence-electron chi connectivity index (χ4n) is 1.97. The van der Waals surface area contributed by atoms with Gasteiger partial charge in [0.1, 0.15) is 11.4 Å². The van der Waals surface area contributed by atoms with Crippen LogP contribution in [0.3, 0.4) is 0 Å². The Bertz CT molecular complexity index is 633. The number of rotatable bonds is 5. The first kappa shape index (κ1) is 16.1. The van der Waals surface area contributed by atoms with Crippen LogP contribution < -0.4 is 4.74 Å². The third-order valence-corrected chi connectivity index (χ3v) is 2.94. The molecule has 0 fully saturated rings. The standard InChI is InChI=1S/C17H15F3NO/c1-2-22-15-10-8-13(9-11-15)5-3-6-14-7-4-12-21-16(14)17(18,19)20/h3,5,7-12H,2,6H2,1H3. The van der Waals surface area contributed by atoms with Crippen molar-refractivity contribution in [3.63, 3.8) is 0 Å². The Labute approximate surface area is 127 Å². The molecule has 0 aliphatic rings. The molecule has 1 aromatic carbocycles. The molecule has 0 spiro atoms. The van der Waals surface area contributed by atoms with Crippen molar-refractivity contribution < 1.29 is 17.9 Å². The van der Waals surface area contributed by atoms with Crippen LogP contribution >= 0.6 is 0 Å². The highest BCUT2D eigenvalue weighted by Crippen LogP contribution is 2.30. The molecular formula is C17H15F3NO. The molecule has 1 radical (unpaired) electrons. The third kappa shape index (κ3) is 4.35. The summed E-state index contributed by atoms with van der Waals surface area (Å²) in [7, 11) is 0. The fraction of sp³-hybridized carbons (Fsp3) is 0.235. The van der Waals surface area contributed by atoms with Crippen LogP contribution in [0.2, 0.25) is 0 Å². The predicted molar refractivity (Wildman–Crippen MR) is 78.4 cm³/mol. The number of nitrogens with zero attached hydrogens (tertiary/aromatic N) is 1. The van der Waals surface area contributed by atoms with Gasteiger partial charge in [0.05, 0.1) is 6.61 Å². The van der Waals surface area contributed by atoms with Crippen molar-refractivity contribution in [2.75, 3.05) is 6.61 Å². The molecule has 1 aromatic heterocycles. The molecule has 5 heteroatoms. The van der Waals surface area contributed by atoms with Crippen LogP contribution in [-0.2, 0) is 12.6 Å². The van der Waals surface area contributed by atoms with E-state index in [-0.39, 0.29) is 12.0 Å². The fourth-order valence-corrected chi connectivity index (χ4v) is 1.97. The minimum absolute atomic E-state index is 0.109. The lowest BCUT2D eigenvalue weighted by molar-refractivity contribution is -0.141. The highest BCUT2D eigenvalue weighted by Gasteiger charge is 2.34. The maximum Gasteiger partial charge on any atom is 0.433 e. The molecule has 0 aliphatic carbocycles. The lowest BCUT2D eigenvalue weighted by atomic mass is 10.1. The Morgan fingerprint density at radius 1 is 1.23 bits per heavy atom. The number of aromatic nitrogens is 1. The van der Waals surface area contributed by atoms with E-state index in [1.165, 1.54) is 6.07 Å². The lowest BCUT2D eigenvalue weighted by Gasteiger charge is -2.09. The smallest absolute Gasteiger partial charge is 0.433 e. The number of benzene rings is 1. The van der Waals surface area contributed by atoms with Crippen molar-refractivity contribution in [3.05, 3.63) is 65.5 Å². The number of pyridine rings is 1. The van der Waals surface area contributed by atoms with Crippen molar-refractivity contribution >= 4 is 6.08 Å². The van der Waals surface area contributed by atoms with Gasteiger partial charge in [-0.05, 0) is 42.7 Å². The van der Waals surface area contributed by atoms with Crippen molar-refractivity contribution in [1.82, 2.24) is 4.98 Å². The zero-order chi connectivity index (χ0) is 16.0. The van der Waals surface area contributed by atoms with Crippen molar-refractivity contribution in [2.24, 2.45) is 0 Å². The van der Waals surface area contributed by atoms with Gasteiger partial charge in [-0.15, -0.1) is 0 Å². The molecule has 2 aromatic rings. The van der Waals surface area contributed by atoms with Crippen molar-refractivity contribution in [2.45, 2.75) is 19.5 Å². The molecule has 0 saturated heterocycles. The van der Waals surface area contributed by atoms with Gasteiger partial charge < -0.3 is 4.74 Å². The van der Waals surface area contributed by atoms with Crippen LogP contribution in [0.15, 0.2) is 42.6 Å². The van der Waals surface area contributed by atoms with Crippen LogP contribution in [0.1, 0.15) is 23.7 Å². The Hall–Kier alpha value is -2.30. The average molecular weight is 306 g/mol. The quantitative estimate of drug-likeness (QED) is 0.808. The minimum atomic E-state index is -4.45. The summed E-state index contributed by atoms with van der Waals surface area (Å²) in [5.74, 6) is 0.765. The summed E-state index contributed by atoms with van der Waals surface area (Å²) in [6, 6.07) is 11.2. The molecule has 0 bridgehead atoms. The Kier molecular flexibility index (Phi) is 5.20. The van der Waals surface area contributed by atoms with E-state index < -0.39 is 11.9 Å². The van der Waals surface area contributed by atoms with Gasteiger partial charge in [0.15, 0.2) is 0 Å². The van der Waals surface area contributed by atoms with E-state index in [0.717, 1.165) is 17.5 Å². The molecule has 0 unspecified atom stereocenters. The van der Waals surface area contributed by atoms with E-state index in [1.807, 2.05) is 31.2 Å². The number of hydrogen-bond acceptors (Lipinski definition) is 2. The van der Waals surface area contributed by atoms with Gasteiger partial charge in [0.25, 0.3) is 0 Å². The lowest BCUT2D eigenvalue weighted by Crippen LogP contribution is -2.11. The SMILES string of the molecule is CCOc1ccc(C=CCc2c[c]cnc2C(F)(F)F)cc1. The Morgan fingerprint density at radius 2 is 1.95 bits per heavy atom. The summed E-state index contributed by atoms with van der Waals surface area (Å²) >= 11 is 0. The summed E-state index contributed by atoms with van der Waals surface area (Å²) in [5, 5.41) is 0. The predicted octanol–water partition coefficient (Wildman–Crippen LogP) is 4.56. The zero-order valence-corrected chi connectivity index (χ0v) is 12.0. The number of allylic oxidation sites excluding steroid dienone is 1. The van der Waals surface area contributed by atoms with E-state index in [9.17, 15) is 13.2 Å². The van der Waals surface area contributed by atoms with Crippen LogP contribution in [0, 0.1) is 6.07 Å². The van der Waals surface area contributed by atoms with Crippen molar-refractivity contribution in [3.8, 4) is 5.75 Å². The molecule has 2 nitrogen and oxygen atoms in total. The van der Waals surface area contributed by atoms with Crippen molar-refractivity contribution in [1.29, 1.82) is 0 Å². The summed E-state index contributed by atoms with van der Waals surface area (Å²) in [5.41, 5.74) is 0.143. The first-order valence-corrected chi connectivity index (χ1v) is 6.82. The number of alkyl halides is 3. The summed E-state index contributed by atoms with van der Waals surface area (Å²) in [4.78, 5) is 3.38. The highest BCUT2D eigenvalue weighted by molar-refractivity contribution is 5.51. The van der Waals surface area contributed by atoms with Crippen LogP contribution in [0.25, 0.3) is 6.08 Å². The van der Waals surface area contributed by atoms with Crippen LogP contribution in [0.4, 0.5) is 13.2 Å². The zero-order valence-electron chi connectivity index (χ0n) is 12.0. The third-order valence-electron chi connectivity index (χ3n) is 2.94. The Morgan fingerprint density at radius 3 is 2.59 bits per heavy atom. The monoisotopic (exact) mass is 306 g/mol. The van der Waals surface area contributed by atoms with Gasteiger partial charge in [-0.1, -0.05) is 24.3 Å². The van der Waals surface area contributed by atoms with E-state index in [4.69, 9.17) is 4.74 Å². The van der Waals surface area contributed by atoms with Gasteiger partial charge in [0, 0.05) is 12.3 Å². The maximum absolute atomic E-state index is 12.8. The molecule has 0 atom stereocenters. The van der Waals surface area contributed by atoms with E-state index >= 15 is 0 Å². The van der Waals surface area contributed by atoms with Gasteiger partial charge in [-0.2, -0.15) is 13.2 Å². The van der Waals surface area contributed by atoms with E-state index in [2.05, 4.69) is 11.1 Å². The van der Waals surface area contributed by atoms with E-state index in [1.54, 1.807) is 12.2 Å². The maximum atomic E-state index is 12.8.